The number of H-pyrrole nitrogens is 1. The number of fused-ring (bicyclic) bond motifs is 1. The normalized spacial score (nSPS) is 17.6. The van der Waals surface area contributed by atoms with Gasteiger partial charge in [-0.15, -0.1) is 11.8 Å². The maximum absolute atomic E-state index is 3.48. The maximum atomic E-state index is 3.48. The Morgan fingerprint density at radius 1 is 1.07 bits per heavy atom. The van der Waals surface area contributed by atoms with Gasteiger partial charge in [-0.05, 0) is 92.6 Å². The topological polar surface area (TPSA) is 19.0 Å². The number of aromatic nitrogens is 1. The van der Waals surface area contributed by atoms with Crippen molar-refractivity contribution >= 4 is 22.7 Å². The minimum atomic E-state index is 0.720. The Bertz CT molecular complexity index is 902. The fourth-order valence-corrected chi connectivity index (χ4v) is 5.73. The van der Waals surface area contributed by atoms with Gasteiger partial charge in [0.25, 0.3) is 0 Å². The van der Waals surface area contributed by atoms with Crippen molar-refractivity contribution in [1.82, 2.24) is 9.88 Å². The Hall–Kier alpha value is -1.71. The maximum Gasteiger partial charge on any atom is 0.0457 e. The van der Waals surface area contributed by atoms with Gasteiger partial charge in [0.05, 0.1) is 0 Å². The third kappa shape index (κ3) is 5.70. The molecule has 1 aromatic heterocycles. The Labute approximate surface area is 186 Å². The summed E-state index contributed by atoms with van der Waals surface area (Å²) in [7, 11) is 0. The highest BCUT2D eigenvalue weighted by Gasteiger charge is 2.20. The Balaban J connectivity index is 1.26. The summed E-state index contributed by atoms with van der Waals surface area (Å²) in [5.41, 5.74) is 4.30. The molecule has 3 heteroatoms. The van der Waals surface area contributed by atoms with Crippen LogP contribution in [0.25, 0.3) is 10.9 Å². The van der Waals surface area contributed by atoms with Crippen molar-refractivity contribution in [1.29, 1.82) is 0 Å². The zero-order chi connectivity index (χ0) is 20.6. The first-order valence-electron chi connectivity index (χ1n) is 11.8. The van der Waals surface area contributed by atoms with E-state index >= 15 is 0 Å². The molecule has 30 heavy (non-hydrogen) atoms. The van der Waals surface area contributed by atoms with Crippen molar-refractivity contribution in [3.63, 3.8) is 0 Å². The number of aromatic amines is 1. The number of likely N-dealkylation sites (tertiary alicyclic amines) is 1. The first-order chi connectivity index (χ1) is 14.8. The molecule has 0 spiro atoms. The van der Waals surface area contributed by atoms with E-state index in [0.717, 1.165) is 5.92 Å². The van der Waals surface area contributed by atoms with Crippen molar-refractivity contribution in [3.05, 3.63) is 65.9 Å². The molecule has 1 fully saturated rings. The third-order valence-corrected chi connectivity index (χ3v) is 7.53. The zero-order valence-electron chi connectivity index (χ0n) is 18.4. The van der Waals surface area contributed by atoms with Crippen molar-refractivity contribution in [2.75, 3.05) is 25.4 Å². The minimum Gasteiger partial charge on any atom is -0.361 e. The third-order valence-electron chi connectivity index (χ3n) is 6.45. The average molecular weight is 421 g/mol. The fraction of sp³-hybridized carbons (Fsp3) is 0.481. The van der Waals surface area contributed by atoms with Crippen molar-refractivity contribution in [2.45, 2.75) is 62.7 Å². The van der Waals surface area contributed by atoms with Crippen LogP contribution in [0.2, 0.25) is 0 Å². The number of hydrogen-bond donors (Lipinski definition) is 1. The lowest BCUT2D eigenvalue weighted by molar-refractivity contribution is 0.204. The molecule has 0 aliphatic carbocycles. The second kappa shape index (κ2) is 11.1. The van der Waals surface area contributed by atoms with E-state index in [2.05, 4.69) is 71.5 Å². The molecule has 0 bridgehead atoms. The first kappa shape index (κ1) is 21.5. The monoisotopic (exact) mass is 420 g/mol. The zero-order valence-corrected chi connectivity index (χ0v) is 19.2. The highest BCUT2D eigenvalue weighted by atomic mass is 32.2. The number of nitrogens with zero attached hydrogens (tertiary/aromatic N) is 1. The van der Waals surface area contributed by atoms with E-state index in [1.807, 2.05) is 11.8 Å². The molecule has 1 saturated heterocycles. The van der Waals surface area contributed by atoms with Crippen molar-refractivity contribution in [2.24, 2.45) is 0 Å². The standard InChI is InChI=1S/C27H36N2S/c1-2-3-18-30-25-14-15-27-26(19-25)23(20-28-27)12-7-8-16-29-17-9-13-24(21-29)22-10-5-4-6-11-22/h4-6,10-11,14-15,19-20,24,28H,2-3,7-9,12-13,16-18,21H2,1H3. The molecule has 1 N–H and O–H groups in total. The van der Waals surface area contributed by atoms with Crippen LogP contribution in [0, 0.1) is 0 Å². The molecule has 4 rings (SSSR count). The van der Waals surface area contributed by atoms with E-state index in [1.54, 1.807) is 0 Å². The van der Waals surface area contributed by atoms with Crippen LogP contribution in [0.3, 0.4) is 0 Å². The number of nitrogens with one attached hydrogen (secondary N) is 1. The number of hydrogen-bond acceptors (Lipinski definition) is 2. The van der Waals surface area contributed by atoms with Gasteiger partial charge >= 0.3 is 0 Å². The average Bonchev–Trinajstić information content (AvgIpc) is 3.20. The molecule has 1 atom stereocenters. The number of aryl methyl sites for hydroxylation is 1. The van der Waals surface area contributed by atoms with Crippen LogP contribution in [0.5, 0.6) is 0 Å². The summed E-state index contributed by atoms with van der Waals surface area (Å²) in [5.74, 6) is 1.94. The van der Waals surface area contributed by atoms with E-state index in [0.29, 0.717) is 0 Å². The lowest BCUT2D eigenvalue weighted by atomic mass is 9.90. The van der Waals surface area contributed by atoms with Gasteiger partial charge < -0.3 is 9.88 Å². The van der Waals surface area contributed by atoms with Crippen molar-refractivity contribution < 1.29 is 0 Å². The molecule has 2 heterocycles. The predicted molar refractivity (Wildman–Crippen MR) is 132 cm³/mol. The molecular formula is C27H36N2S. The molecule has 3 aromatic rings. The van der Waals surface area contributed by atoms with Gasteiger partial charge in [-0.3, -0.25) is 0 Å². The van der Waals surface area contributed by atoms with Gasteiger partial charge in [-0.25, -0.2) is 0 Å². The Morgan fingerprint density at radius 2 is 1.97 bits per heavy atom. The summed E-state index contributed by atoms with van der Waals surface area (Å²) < 4.78 is 0. The quantitative estimate of drug-likeness (QED) is 0.275. The Kier molecular flexibility index (Phi) is 7.94. The van der Waals surface area contributed by atoms with E-state index in [-0.39, 0.29) is 0 Å². The molecule has 2 aromatic carbocycles. The lowest BCUT2D eigenvalue weighted by Gasteiger charge is -2.33. The molecule has 0 radical (unpaired) electrons. The van der Waals surface area contributed by atoms with Crippen LogP contribution in [-0.4, -0.2) is 35.3 Å². The van der Waals surface area contributed by atoms with Gasteiger partial charge in [0, 0.05) is 28.5 Å². The largest absolute Gasteiger partial charge is 0.361 e. The van der Waals surface area contributed by atoms with E-state index in [9.17, 15) is 0 Å². The summed E-state index contributed by atoms with van der Waals surface area (Å²) in [5, 5.41) is 1.43. The summed E-state index contributed by atoms with van der Waals surface area (Å²) >= 11 is 2.00. The molecule has 1 unspecified atom stereocenters. The van der Waals surface area contributed by atoms with Gasteiger partial charge in [0.1, 0.15) is 0 Å². The van der Waals surface area contributed by atoms with Crippen LogP contribution in [0.4, 0.5) is 0 Å². The summed E-state index contributed by atoms with van der Waals surface area (Å²) in [6.45, 7) is 6.01. The van der Waals surface area contributed by atoms with E-state index in [1.165, 1.54) is 97.3 Å². The number of rotatable bonds is 10. The van der Waals surface area contributed by atoms with Crippen molar-refractivity contribution in [3.8, 4) is 0 Å². The second-order valence-electron chi connectivity index (χ2n) is 8.73. The van der Waals surface area contributed by atoms with Gasteiger partial charge in [-0.2, -0.15) is 0 Å². The van der Waals surface area contributed by atoms with E-state index in [4.69, 9.17) is 0 Å². The smallest absolute Gasteiger partial charge is 0.0457 e. The molecule has 2 nitrogen and oxygen atoms in total. The number of piperidine rings is 1. The highest BCUT2D eigenvalue weighted by molar-refractivity contribution is 7.99. The molecule has 0 amide bonds. The van der Waals surface area contributed by atoms with E-state index < -0.39 is 0 Å². The Morgan fingerprint density at radius 3 is 2.83 bits per heavy atom. The van der Waals surface area contributed by atoms with Crippen LogP contribution in [-0.2, 0) is 6.42 Å². The molecule has 1 aliphatic rings. The predicted octanol–water partition coefficient (Wildman–Crippen LogP) is 7.26. The second-order valence-corrected chi connectivity index (χ2v) is 9.90. The van der Waals surface area contributed by atoms with Gasteiger partial charge in [0.15, 0.2) is 0 Å². The number of unbranched alkanes of at least 4 members (excludes halogenated alkanes) is 2. The lowest BCUT2D eigenvalue weighted by Crippen LogP contribution is -2.35. The summed E-state index contributed by atoms with van der Waals surface area (Å²) in [6.07, 6.45) is 11.2. The number of benzene rings is 2. The number of thioether (sulfide) groups is 1. The summed E-state index contributed by atoms with van der Waals surface area (Å²) in [4.78, 5) is 7.58. The summed E-state index contributed by atoms with van der Waals surface area (Å²) in [6, 6.07) is 18.0. The van der Waals surface area contributed by atoms with Gasteiger partial charge in [0.2, 0.25) is 0 Å². The molecule has 0 saturated carbocycles. The van der Waals surface area contributed by atoms with Crippen LogP contribution < -0.4 is 0 Å². The van der Waals surface area contributed by atoms with Crippen LogP contribution in [0.15, 0.2) is 59.6 Å². The van der Waals surface area contributed by atoms with Crippen LogP contribution in [0.1, 0.15) is 62.5 Å². The SMILES string of the molecule is CCCCSc1ccc2[nH]cc(CCCCN3CCCC(c4ccccc4)C3)c2c1. The first-order valence-corrected chi connectivity index (χ1v) is 12.8. The van der Waals surface area contributed by atoms with Gasteiger partial charge in [-0.1, -0.05) is 43.7 Å². The minimum absolute atomic E-state index is 0.720. The fourth-order valence-electron chi connectivity index (χ4n) is 4.70. The molecule has 160 valence electrons. The van der Waals surface area contributed by atoms with Crippen LogP contribution >= 0.6 is 11.8 Å². The molecule has 1 aliphatic heterocycles. The molecular weight excluding hydrogens is 384 g/mol. The highest BCUT2D eigenvalue weighted by Crippen LogP contribution is 2.28.